The third-order valence-corrected chi connectivity index (χ3v) is 4.11. The lowest BCUT2D eigenvalue weighted by atomic mass is 9.67. The Morgan fingerprint density at radius 3 is 2.06 bits per heavy atom. The molecule has 2 aliphatic rings. The van der Waals surface area contributed by atoms with Crippen molar-refractivity contribution in [2.45, 2.75) is 64.4 Å². The number of hydrogen-bond acceptors (Lipinski definition) is 3. The maximum Gasteiger partial charge on any atom is 0.229 e. The van der Waals surface area contributed by atoms with Gasteiger partial charge in [0, 0.05) is 12.8 Å². The number of likely N-dealkylation sites (tertiary alicyclic amines) is 1. The first-order chi connectivity index (χ1) is 8.31. The minimum Gasteiger partial charge on any atom is -0.389 e. The Morgan fingerprint density at radius 2 is 1.61 bits per heavy atom. The summed E-state index contributed by atoms with van der Waals surface area (Å²) >= 11 is 0. The monoisotopic (exact) mass is 253 g/mol. The minimum absolute atomic E-state index is 0.0669. The molecule has 1 spiro atoms. The highest BCUT2D eigenvalue weighted by molar-refractivity contribution is 5.98. The van der Waals surface area contributed by atoms with Crippen LogP contribution in [0.5, 0.6) is 0 Å². The van der Waals surface area contributed by atoms with Crippen molar-refractivity contribution in [2.24, 2.45) is 5.41 Å². The number of aliphatic hydroxyl groups is 1. The lowest BCUT2D eigenvalue weighted by Crippen LogP contribution is -2.52. The van der Waals surface area contributed by atoms with Gasteiger partial charge in [-0.2, -0.15) is 0 Å². The predicted molar refractivity (Wildman–Crippen MR) is 67.8 cm³/mol. The number of piperidine rings is 1. The molecule has 1 N–H and O–H groups in total. The van der Waals surface area contributed by atoms with Crippen molar-refractivity contribution in [3.8, 4) is 0 Å². The van der Waals surface area contributed by atoms with Crippen LogP contribution in [-0.2, 0) is 9.59 Å². The molecule has 18 heavy (non-hydrogen) atoms. The Hall–Kier alpha value is -0.900. The number of nitrogens with zero attached hydrogens (tertiary/aromatic N) is 1. The van der Waals surface area contributed by atoms with E-state index in [4.69, 9.17) is 0 Å². The molecule has 1 aliphatic carbocycles. The second-order valence-corrected chi connectivity index (χ2v) is 6.60. The predicted octanol–water partition coefficient (Wildman–Crippen LogP) is 1.86. The molecule has 4 nitrogen and oxygen atoms in total. The number of carbonyl (C=O) groups excluding carboxylic acids is 2. The highest BCUT2D eigenvalue weighted by Crippen LogP contribution is 2.45. The number of rotatable bonds is 2. The summed E-state index contributed by atoms with van der Waals surface area (Å²) in [6, 6.07) is 0. The molecule has 0 aromatic rings. The molecular formula is C14H23NO3. The summed E-state index contributed by atoms with van der Waals surface area (Å²) in [5, 5.41) is 9.76. The zero-order valence-corrected chi connectivity index (χ0v) is 11.4. The topological polar surface area (TPSA) is 57.6 Å². The van der Waals surface area contributed by atoms with E-state index < -0.39 is 5.60 Å². The first-order valence-electron chi connectivity index (χ1n) is 6.87. The minimum atomic E-state index is -1.01. The molecule has 4 heteroatoms. The van der Waals surface area contributed by atoms with Crippen LogP contribution in [0.1, 0.15) is 58.8 Å². The van der Waals surface area contributed by atoms with Crippen LogP contribution in [-0.4, -0.2) is 34.0 Å². The third-order valence-electron chi connectivity index (χ3n) is 4.11. The summed E-state index contributed by atoms with van der Waals surface area (Å²) in [6.07, 6.45) is 6.45. The highest BCUT2D eigenvalue weighted by atomic mass is 16.3. The van der Waals surface area contributed by atoms with Gasteiger partial charge in [-0.25, -0.2) is 0 Å². The van der Waals surface area contributed by atoms with Gasteiger partial charge in [0.15, 0.2) is 0 Å². The van der Waals surface area contributed by atoms with Crippen molar-refractivity contribution < 1.29 is 14.7 Å². The summed E-state index contributed by atoms with van der Waals surface area (Å²) in [4.78, 5) is 25.5. The first kappa shape index (κ1) is 13.5. The Kier molecular flexibility index (Phi) is 3.49. The molecule has 0 aromatic heterocycles. The molecule has 0 bridgehead atoms. The van der Waals surface area contributed by atoms with Crippen LogP contribution in [0, 0.1) is 5.41 Å². The number of amides is 2. The molecule has 1 saturated carbocycles. The molecule has 0 unspecified atom stereocenters. The lowest BCUT2D eigenvalue weighted by Gasteiger charge is -2.43. The van der Waals surface area contributed by atoms with Crippen molar-refractivity contribution >= 4 is 11.8 Å². The van der Waals surface area contributed by atoms with E-state index in [-0.39, 0.29) is 23.8 Å². The van der Waals surface area contributed by atoms with Crippen LogP contribution in [0.4, 0.5) is 0 Å². The van der Waals surface area contributed by atoms with Crippen LogP contribution >= 0.6 is 0 Å². The van der Waals surface area contributed by atoms with E-state index in [2.05, 4.69) is 0 Å². The number of imide groups is 1. The molecule has 102 valence electrons. The molecule has 1 saturated heterocycles. The fourth-order valence-electron chi connectivity index (χ4n) is 3.25. The van der Waals surface area contributed by atoms with Crippen molar-refractivity contribution in [1.29, 1.82) is 0 Å². The fourth-order valence-corrected chi connectivity index (χ4v) is 3.25. The smallest absolute Gasteiger partial charge is 0.229 e. The van der Waals surface area contributed by atoms with Gasteiger partial charge in [-0.05, 0) is 32.1 Å². The summed E-state index contributed by atoms with van der Waals surface area (Å²) in [5.74, 6) is -0.203. The van der Waals surface area contributed by atoms with Gasteiger partial charge in [0.2, 0.25) is 11.8 Å². The zero-order valence-electron chi connectivity index (χ0n) is 11.4. The van der Waals surface area contributed by atoms with Gasteiger partial charge in [-0.1, -0.05) is 19.3 Å². The average Bonchev–Trinajstić information content (AvgIpc) is 2.23. The van der Waals surface area contributed by atoms with E-state index in [0.29, 0.717) is 12.8 Å². The largest absolute Gasteiger partial charge is 0.389 e. The number of hydrogen-bond donors (Lipinski definition) is 1. The quantitative estimate of drug-likeness (QED) is 0.764. The zero-order chi connectivity index (χ0) is 13.4. The Morgan fingerprint density at radius 1 is 1.11 bits per heavy atom. The molecule has 1 aliphatic heterocycles. The highest BCUT2D eigenvalue weighted by Gasteiger charge is 2.44. The SMILES string of the molecule is CC(C)(O)CN1C(=O)CC2(CCCCC2)CC1=O. The van der Waals surface area contributed by atoms with E-state index >= 15 is 0 Å². The molecular weight excluding hydrogens is 230 g/mol. The third kappa shape index (κ3) is 2.91. The normalized spacial score (nSPS) is 24.7. The molecule has 2 amide bonds. The van der Waals surface area contributed by atoms with Crippen molar-refractivity contribution in [3.63, 3.8) is 0 Å². The van der Waals surface area contributed by atoms with E-state index in [1.807, 2.05) is 0 Å². The maximum absolute atomic E-state index is 12.1. The van der Waals surface area contributed by atoms with Crippen LogP contribution in [0.3, 0.4) is 0 Å². The van der Waals surface area contributed by atoms with E-state index in [1.165, 1.54) is 11.3 Å². The average molecular weight is 253 g/mol. The van der Waals surface area contributed by atoms with E-state index in [1.54, 1.807) is 13.8 Å². The standard InChI is InChI=1S/C14H23NO3/c1-13(2,18)10-15-11(16)8-14(9-12(15)17)6-4-3-5-7-14/h18H,3-10H2,1-2H3. The van der Waals surface area contributed by atoms with Crippen LogP contribution in [0.25, 0.3) is 0 Å². The summed E-state index contributed by atoms with van der Waals surface area (Å²) < 4.78 is 0. The second kappa shape index (κ2) is 4.65. The summed E-state index contributed by atoms with van der Waals surface area (Å²) in [6.45, 7) is 3.36. The van der Waals surface area contributed by atoms with Gasteiger partial charge in [-0.3, -0.25) is 14.5 Å². The van der Waals surface area contributed by atoms with Gasteiger partial charge < -0.3 is 5.11 Å². The van der Waals surface area contributed by atoms with Gasteiger partial charge in [0.25, 0.3) is 0 Å². The van der Waals surface area contributed by atoms with Crippen molar-refractivity contribution in [3.05, 3.63) is 0 Å². The summed E-state index contributed by atoms with van der Waals surface area (Å²) in [5.41, 5.74) is -1.08. The fraction of sp³-hybridized carbons (Fsp3) is 0.857. The van der Waals surface area contributed by atoms with Gasteiger partial charge >= 0.3 is 0 Å². The molecule has 0 radical (unpaired) electrons. The number of β-amino-alcohol motifs (C(OH)–C–C–N with tert-alkyl or cyclic N) is 1. The Balaban J connectivity index is 2.08. The Bertz CT molecular complexity index is 331. The first-order valence-corrected chi connectivity index (χ1v) is 6.87. The maximum atomic E-state index is 12.1. The second-order valence-electron chi connectivity index (χ2n) is 6.60. The molecule has 2 rings (SSSR count). The van der Waals surface area contributed by atoms with Crippen LogP contribution < -0.4 is 0 Å². The van der Waals surface area contributed by atoms with Crippen LogP contribution in [0.15, 0.2) is 0 Å². The molecule has 1 heterocycles. The van der Waals surface area contributed by atoms with Gasteiger partial charge in [0.1, 0.15) is 0 Å². The summed E-state index contributed by atoms with van der Waals surface area (Å²) in [7, 11) is 0. The van der Waals surface area contributed by atoms with Crippen LogP contribution in [0.2, 0.25) is 0 Å². The van der Waals surface area contributed by atoms with Crippen molar-refractivity contribution in [2.75, 3.05) is 6.54 Å². The van der Waals surface area contributed by atoms with E-state index in [0.717, 1.165) is 25.7 Å². The molecule has 0 atom stereocenters. The van der Waals surface area contributed by atoms with Gasteiger partial charge in [0.05, 0.1) is 12.1 Å². The van der Waals surface area contributed by atoms with E-state index in [9.17, 15) is 14.7 Å². The van der Waals surface area contributed by atoms with Crippen molar-refractivity contribution in [1.82, 2.24) is 4.90 Å². The molecule has 0 aromatic carbocycles. The Labute approximate surface area is 108 Å². The molecule has 2 fully saturated rings. The number of carbonyl (C=O) groups is 2. The van der Waals surface area contributed by atoms with Gasteiger partial charge in [-0.15, -0.1) is 0 Å². The lowest BCUT2D eigenvalue weighted by molar-refractivity contribution is -0.158.